The van der Waals surface area contributed by atoms with Crippen LogP contribution in [0.5, 0.6) is 0 Å². The van der Waals surface area contributed by atoms with Crippen molar-refractivity contribution >= 4 is 29.3 Å². The van der Waals surface area contributed by atoms with Crippen molar-refractivity contribution in [1.82, 2.24) is 19.7 Å². The molecule has 1 aliphatic heterocycles. The molecule has 0 radical (unpaired) electrons. The maximum Gasteiger partial charge on any atom is 0.236 e. The van der Waals surface area contributed by atoms with Gasteiger partial charge in [0.15, 0.2) is 11.0 Å². The number of rotatable bonds is 5. The number of halogens is 1. The van der Waals surface area contributed by atoms with E-state index >= 15 is 0 Å². The molecule has 1 unspecified atom stereocenters. The minimum Gasteiger partial charge on any atom is -0.378 e. The maximum absolute atomic E-state index is 13.0. The molecule has 1 atom stereocenters. The Hall–Kier alpha value is -2.35. The number of aromatic nitrogens is 3. The van der Waals surface area contributed by atoms with Crippen LogP contribution in [0, 0.1) is 13.8 Å². The first-order chi connectivity index (χ1) is 15.0. The summed E-state index contributed by atoms with van der Waals surface area (Å²) in [5, 5.41) is 9.92. The molecular weight excluding hydrogens is 432 g/mol. The molecule has 4 rings (SSSR count). The lowest BCUT2D eigenvalue weighted by Gasteiger charge is -2.29. The molecule has 6 nitrogen and oxygen atoms in total. The van der Waals surface area contributed by atoms with Crippen LogP contribution in [0.4, 0.5) is 0 Å². The summed E-state index contributed by atoms with van der Waals surface area (Å²) in [5.74, 6) is 0.746. The van der Waals surface area contributed by atoms with E-state index in [4.69, 9.17) is 16.3 Å². The van der Waals surface area contributed by atoms with Crippen molar-refractivity contribution in [2.75, 3.05) is 26.3 Å². The van der Waals surface area contributed by atoms with Gasteiger partial charge in [0, 0.05) is 18.7 Å². The van der Waals surface area contributed by atoms with Crippen molar-refractivity contribution in [2.24, 2.45) is 0 Å². The molecule has 2 aromatic carbocycles. The Balaban J connectivity index is 1.75. The van der Waals surface area contributed by atoms with E-state index < -0.39 is 0 Å². The van der Waals surface area contributed by atoms with E-state index in [-0.39, 0.29) is 11.2 Å². The van der Waals surface area contributed by atoms with Gasteiger partial charge in [0.05, 0.1) is 29.2 Å². The van der Waals surface area contributed by atoms with E-state index in [1.807, 2.05) is 40.7 Å². The number of morpholine rings is 1. The second-order valence-corrected chi connectivity index (χ2v) is 9.32. The predicted octanol–water partition coefficient (Wildman–Crippen LogP) is 4.54. The Morgan fingerprint density at radius 1 is 1.13 bits per heavy atom. The number of aryl methyl sites for hydroxylation is 2. The standard InChI is InChI=1S/C23H25ClN4O2S/c1-15-8-9-16(2)20(14-15)28-21(18-6-4-5-7-19(18)24)25-26-23(28)31-17(3)22(29)27-10-12-30-13-11-27/h4-9,14,17H,10-13H2,1-3H3. The zero-order valence-corrected chi connectivity index (χ0v) is 19.4. The highest BCUT2D eigenvalue weighted by molar-refractivity contribution is 8.00. The lowest BCUT2D eigenvalue weighted by Crippen LogP contribution is -2.44. The largest absolute Gasteiger partial charge is 0.378 e. The van der Waals surface area contributed by atoms with E-state index in [0.717, 1.165) is 22.4 Å². The molecule has 0 aliphatic carbocycles. The number of nitrogens with zero attached hydrogens (tertiary/aromatic N) is 4. The van der Waals surface area contributed by atoms with Gasteiger partial charge in [0.1, 0.15) is 0 Å². The van der Waals surface area contributed by atoms with Crippen molar-refractivity contribution in [2.45, 2.75) is 31.2 Å². The quantitative estimate of drug-likeness (QED) is 0.527. The van der Waals surface area contributed by atoms with Gasteiger partial charge in [0.2, 0.25) is 5.91 Å². The van der Waals surface area contributed by atoms with Crippen LogP contribution in [0.2, 0.25) is 5.02 Å². The summed E-state index contributed by atoms with van der Waals surface area (Å²) in [6.07, 6.45) is 0. The Morgan fingerprint density at radius 3 is 2.61 bits per heavy atom. The van der Waals surface area contributed by atoms with Gasteiger partial charge >= 0.3 is 0 Å². The van der Waals surface area contributed by atoms with Crippen molar-refractivity contribution in [3.63, 3.8) is 0 Å². The zero-order valence-electron chi connectivity index (χ0n) is 17.8. The normalized spacial score (nSPS) is 15.2. The average Bonchev–Trinajstić information content (AvgIpc) is 3.18. The van der Waals surface area contributed by atoms with Gasteiger partial charge in [-0.15, -0.1) is 10.2 Å². The molecule has 31 heavy (non-hydrogen) atoms. The first-order valence-corrected chi connectivity index (χ1v) is 11.5. The fourth-order valence-corrected chi connectivity index (χ4v) is 4.75. The molecule has 8 heteroatoms. The fourth-order valence-electron chi connectivity index (χ4n) is 3.59. The van der Waals surface area contributed by atoms with Crippen LogP contribution in [-0.4, -0.2) is 57.1 Å². The second kappa shape index (κ2) is 9.42. The monoisotopic (exact) mass is 456 g/mol. The van der Waals surface area contributed by atoms with E-state index in [2.05, 4.69) is 42.2 Å². The van der Waals surface area contributed by atoms with Crippen molar-refractivity contribution < 1.29 is 9.53 Å². The van der Waals surface area contributed by atoms with Gasteiger partial charge in [-0.3, -0.25) is 9.36 Å². The zero-order chi connectivity index (χ0) is 22.0. The van der Waals surface area contributed by atoms with Gasteiger partial charge in [-0.2, -0.15) is 0 Å². The van der Waals surface area contributed by atoms with E-state index in [1.54, 1.807) is 0 Å². The Morgan fingerprint density at radius 2 is 1.87 bits per heavy atom. The minimum absolute atomic E-state index is 0.0862. The summed E-state index contributed by atoms with van der Waals surface area (Å²) in [7, 11) is 0. The third kappa shape index (κ3) is 4.63. The molecule has 162 valence electrons. The summed E-state index contributed by atoms with van der Waals surface area (Å²) in [5.41, 5.74) is 4.01. The summed E-state index contributed by atoms with van der Waals surface area (Å²) in [6, 6.07) is 13.9. The number of ether oxygens (including phenoxy) is 1. The Labute approximate surface area is 191 Å². The van der Waals surface area contributed by atoms with Crippen molar-refractivity contribution in [3.05, 3.63) is 58.6 Å². The fraction of sp³-hybridized carbons (Fsp3) is 0.348. The second-order valence-electron chi connectivity index (χ2n) is 7.61. The highest BCUT2D eigenvalue weighted by Gasteiger charge is 2.27. The van der Waals surface area contributed by atoms with Gasteiger partial charge in [-0.1, -0.05) is 47.6 Å². The highest BCUT2D eigenvalue weighted by atomic mass is 35.5. The van der Waals surface area contributed by atoms with Crippen LogP contribution >= 0.6 is 23.4 Å². The molecule has 0 bridgehead atoms. The molecule has 0 spiro atoms. The topological polar surface area (TPSA) is 60.2 Å². The number of carbonyl (C=O) groups excluding carboxylic acids is 1. The number of hydrogen-bond donors (Lipinski definition) is 0. The predicted molar refractivity (Wildman–Crippen MR) is 124 cm³/mol. The Kier molecular flexibility index (Phi) is 6.65. The SMILES string of the molecule is Cc1ccc(C)c(-n2c(SC(C)C(=O)N3CCOCC3)nnc2-c2ccccc2Cl)c1. The van der Waals surface area contributed by atoms with Crippen LogP contribution in [0.1, 0.15) is 18.1 Å². The van der Waals surface area contributed by atoms with Crippen LogP contribution < -0.4 is 0 Å². The highest BCUT2D eigenvalue weighted by Crippen LogP contribution is 2.34. The van der Waals surface area contributed by atoms with Gasteiger partial charge in [-0.25, -0.2) is 0 Å². The van der Waals surface area contributed by atoms with Crippen molar-refractivity contribution in [1.29, 1.82) is 0 Å². The molecule has 1 saturated heterocycles. The molecule has 3 aromatic rings. The number of benzene rings is 2. The lowest BCUT2D eigenvalue weighted by molar-refractivity contribution is -0.134. The third-order valence-corrected chi connectivity index (χ3v) is 6.67. The van der Waals surface area contributed by atoms with Crippen LogP contribution in [0.15, 0.2) is 47.6 Å². The first-order valence-electron chi connectivity index (χ1n) is 10.3. The van der Waals surface area contributed by atoms with Crippen LogP contribution in [0.25, 0.3) is 17.1 Å². The molecule has 0 N–H and O–H groups in total. The molecule has 2 heterocycles. The number of carbonyl (C=O) groups is 1. The molecule has 0 saturated carbocycles. The van der Waals surface area contributed by atoms with Gasteiger partial charge < -0.3 is 9.64 Å². The summed E-state index contributed by atoms with van der Waals surface area (Å²) in [6.45, 7) is 8.44. The van der Waals surface area contributed by atoms with Crippen molar-refractivity contribution in [3.8, 4) is 17.1 Å². The average molecular weight is 457 g/mol. The molecule has 1 fully saturated rings. The maximum atomic E-state index is 13.0. The lowest BCUT2D eigenvalue weighted by atomic mass is 10.1. The number of thioether (sulfide) groups is 1. The molecule has 1 amide bonds. The van der Waals surface area contributed by atoms with E-state index in [1.165, 1.54) is 11.8 Å². The molecule has 1 aromatic heterocycles. The van der Waals surface area contributed by atoms with Crippen LogP contribution in [0.3, 0.4) is 0 Å². The summed E-state index contributed by atoms with van der Waals surface area (Å²) < 4.78 is 7.38. The van der Waals surface area contributed by atoms with E-state index in [9.17, 15) is 4.79 Å². The third-order valence-electron chi connectivity index (χ3n) is 5.31. The van der Waals surface area contributed by atoms with Gasteiger partial charge in [0.25, 0.3) is 0 Å². The smallest absolute Gasteiger partial charge is 0.236 e. The summed E-state index contributed by atoms with van der Waals surface area (Å²) >= 11 is 7.91. The number of hydrogen-bond acceptors (Lipinski definition) is 5. The molecular formula is C23H25ClN4O2S. The van der Waals surface area contributed by atoms with Gasteiger partial charge in [-0.05, 0) is 50.1 Å². The van der Waals surface area contributed by atoms with E-state index in [0.29, 0.717) is 42.3 Å². The number of amides is 1. The summed E-state index contributed by atoms with van der Waals surface area (Å²) in [4.78, 5) is 14.8. The molecule has 1 aliphatic rings. The van der Waals surface area contributed by atoms with Crippen LogP contribution in [-0.2, 0) is 9.53 Å². The first kappa shape index (κ1) is 21.9. The minimum atomic E-state index is -0.301. The Bertz CT molecular complexity index is 1090.